The van der Waals surface area contributed by atoms with E-state index in [0.29, 0.717) is 26.1 Å². The normalized spacial score (nSPS) is 11.5. The van der Waals surface area contributed by atoms with Gasteiger partial charge in [-0.1, -0.05) is 6.92 Å². The van der Waals surface area contributed by atoms with Crippen LogP contribution in [0.3, 0.4) is 0 Å². The van der Waals surface area contributed by atoms with Crippen LogP contribution in [0, 0.1) is 0 Å². The van der Waals surface area contributed by atoms with Gasteiger partial charge in [-0.05, 0) is 13.0 Å². The molecule has 8 nitrogen and oxygen atoms in total. The van der Waals surface area contributed by atoms with Crippen molar-refractivity contribution in [3.05, 3.63) is 0 Å². The zero-order chi connectivity index (χ0) is 14.2. The maximum atomic E-state index is 11.2. The van der Waals surface area contributed by atoms with E-state index >= 15 is 0 Å². The molecule has 0 aliphatic rings. The molecule has 0 heterocycles. The first-order valence-electron chi connectivity index (χ1n) is 5.52. The molecule has 0 radical (unpaired) electrons. The average Bonchev–Trinajstić information content (AvgIpc) is 2.20. The first-order valence-corrected chi connectivity index (χ1v) is 7.37. The summed E-state index contributed by atoms with van der Waals surface area (Å²) in [5.74, 6) is -0.516. The Morgan fingerprint density at radius 3 is 2.39 bits per heavy atom. The number of carbonyl (C=O) groups excluding carboxylic acids is 2. The molecule has 3 amide bonds. The Hall–Kier alpha value is -1.19. The van der Waals surface area contributed by atoms with Gasteiger partial charge in [-0.2, -0.15) is 0 Å². The van der Waals surface area contributed by atoms with Crippen LogP contribution in [0.4, 0.5) is 4.79 Å². The maximum absolute atomic E-state index is 11.2. The number of carbonyl (C=O) groups is 2. The van der Waals surface area contributed by atoms with E-state index in [0.717, 1.165) is 6.26 Å². The molecular formula is C9H20N4O4S. The number of nitrogens with zero attached hydrogens (tertiary/aromatic N) is 1. The third kappa shape index (κ3) is 7.98. The summed E-state index contributed by atoms with van der Waals surface area (Å²) < 4.78 is 23.8. The number of imide groups is 1. The highest BCUT2D eigenvalue weighted by molar-refractivity contribution is 7.88. The Balaban J connectivity index is 3.74. The quantitative estimate of drug-likeness (QED) is 0.464. The van der Waals surface area contributed by atoms with E-state index in [1.54, 1.807) is 6.92 Å². The zero-order valence-corrected chi connectivity index (χ0v) is 11.4. The summed E-state index contributed by atoms with van der Waals surface area (Å²) in [6.45, 7) is 3.00. The number of nitrogens with one attached hydrogen (secondary N) is 2. The van der Waals surface area contributed by atoms with Crippen LogP contribution in [-0.2, 0) is 14.8 Å². The van der Waals surface area contributed by atoms with Crippen molar-refractivity contribution in [3.63, 3.8) is 0 Å². The van der Waals surface area contributed by atoms with Gasteiger partial charge < -0.3 is 11.1 Å². The van der Waals surface area contributed by atoms with E-state index in [-0.39, 0.29) is 6.54 Å². The van der Waals surface area contributed by atoms with Gasteiger partial charge in [0.1, 0.15) is 0 Å². The minimum Gasteiger partial charge on any atom is -0.351 e. The molecule has 0 fully saturated rings. The molecule has 0 aromatic rings. The van der Waals surface area contributed by atoms with Crippen LogP contribution in [-0.4, -0.2) is 57.1 Å². The van der Waals surface area contributed by atoms with Crippen molar-refractivity contribution in [2.75, 3.05) is 32.4 Å². The van der Waals surface area contributed by atoms with Crippen LogP contribution in [0.25, 0.3) is 0 Å². The fourth-order valence-electron chi connectivity index (χ4n) is 1.32. The van der Waals surface area contributed by atoms with Gasteiger partial charge in [-0.3, -0.25) is 10.1 Å². The van der Waals surface area contributed by atoms with Crippen molar-refractivity contribution in [2.24, 2.45) is 5.73 Å². The van der Waals surface area contributed by atoms with Crippen molar-refractivity contribution in [1.29, 1.82) is 0 Å². The number of nitrogens with two attached hydrogens (primary N) is 1. The summed E-state index contributed by atoms with van der Waals surface area (Å²) in [5, 5.41) is 4.69. The highest BCUT2D eigenvalue weighted by Gasteiger charge is 2.13. The summed E-state index contributed by atoms with van der Waals surface area (Å²) in [5.41, 5.74) is 4.76. The van der Waals surface area contributed by atoms with Crippen LogP contribution in [0.1, 0.15) is 13.3 Å². The molecule has 9 heteroatoms. The van der Waals surface area contributed by atoms with E-state index < -0.39 is 22.0 Å². The predicted octanol–water partition coefficient (Wildman–Crippen LogP) is -1.56. The molecule has 0 unspecified atom stereocenters. The van der Waals surface area contributed by atoms with Crippen molar-refractivity contribution < 1.29 is 18.0 Å². The second kappa shape index (κ2) is 8.01. The van der Waals surface area contributed by atoms with Crippen molar-refractivity contribution in [3.8, 4) is 0 Å². The van der Waals surface area contributed by atoms with Crippen molar-refractivity contribution >= 4 is 22.0 Å². The summed E-state index contributed by atoms with van der Waals surface area (Å²) >= 11 is 0. The summed E-state index contributed by atoms with van der Waals surface area (Å²) in [4.78, 5) is 21.3. The molecule has 0 rings (SSSR count). The maximum Gasteiger partial charge on any atom is 0.318 e. The van der Waals surface area contributed by atoms with Crippen LogP contribution >= 0.6 is 0 Å². The molecule has 106 valence electrons. The van der Waals surface area contributed by atoms with Gasteiger partial charge in [0, 0.05) is 13.1 Å². The SMILES string of the molecule is CCN(CCCNCC(=O)NC(N)=O)S(C)(=O)=O. The Bertz CT molecular complexity index is 382. The number of amides is 3. The molecule has 0 atom stereocenters. The van der Waals surface area contributed by atoms with Gasteiger partial charge in [0.25, 0.3) is 0 Å². The Kier molecular flexibility index (Phi) is 7.48. The van der Waals surface area contributed by atoms with E-state index in [2.05, 4.69) is 5.32 Å². The van der Waals surface area contributed by atoms with E-state index in [1.165, 1.54) is 4.31 Å². The average molecular weight is 280 g/mol. The van der Waals surface area contributed by atoms with Crippen LogP contribution in [0.2, 0.25) is 0 Å². The largest absolute Gasteiger partial charge is 0.351 e. The number of sulfonamides is 1. The van der Waals surface area contributed by atoms with Gasteiger partial charge in [-0.25, -0.2) is 17.5 Å². The lowest BCUT2D eigenvalue weighted by Crippen LogP contribution is -2.41. The number of hydrogen-bond acceptors (Lipinski definition) is 5. The number of hydrogen-bond donors (Lipinski definition) is 3. The molecule has 4 N–H and O–H groups in total. The van der Waals surface area contributed by atoms with E-state index in [4.69, 9.17) is 5.73 Å². The van der Waals surface area contributed by atoms with E-state index in [1.807, 2.05) is 5.32 Å². The van der Waals surface area contributed by atoms with Crippen LogP contribution < -0.4 is 16.4 Å². The third-order valence-electron chi connectivity index (χ3n) is 2.13. The van der Waals surface area contributed by atoms with Gasteiger partial charge in [0.2, 0.25) is 15.9 Å². The summed E-state index contributed by atoms with van der Waals surface area (Å²) in [7, 11) is -3.17. The van der Waals surface area contributed by atoms with Crippen molar-refractivity contribution in [1.82, 2.24) is 14.9 Å². The molecule has 0 aliphatic heterocycles. The van der Waals surface area contributed by atoms with Gasteiger partial charge in [-0.15, -0.1) is 0 Å². The lowest BCUT2D eigenvalue weighted by molar-refractivity contribution is -0.119. The molecule has 0 bridgehead atoms. The molecule has 0 saturated heterocycles. The Morgan fingerprint density at radius 2 is 1.94 bits per heavy atom. The minimum absolute atomic E-state index is 0.0338. The van der Waals surface area contributed by atoms with Gasteiger partial charge in [0.05, 0.1) is 12.8 Å². The lowest BCUT2D eigenvalue weighted by atomic mass is 10.4. The van der Waals surface area contributed by atoms with Crippen LogP contribution in [0.5, 0.6) is 0 Å². The van der Waals surface area contributed by atoms with Crippen molar-refractivity contribution in [2.45, 2.75) is 13.3 Å². The topological polar surface area (TPSA) is 122 Å². The van der Waals surface area contributed by atoms with E-state index in [9.17, 15) is 18.0 Å². The first kappa shape index (κ1) is 16.8. The fraction of sp³-hybridized carbons (Fsp3) is 0.778. The minimum atomic E-state index is -3.17. The smallest absolute Gasteiger partial charge is 0.318 e. The molecule has 18 heavy (non-hydrogen) atoms. The van der Waals surface area contributed by atoms with Gasteiger partial charge >= 0.3 is 6.03 Å². The monoisotopic (exact) mass is 280 g/mol. The number of primary amides is 1. The second-order valence-electron chi connectivity index (χ2n) is 3.70. The molecule has 0 aromatic heterocycles. The number of urea groups is 1. The Labute approximate surface area is 107 Å². The zero-order valence-electron chi connectivity index (χ0n) is 10.6. The highest BCUT2D eigenvalue weighted by atomic mass is 32.2. The fourth-order valence-corrected chi connectivity index (χ4v) is 2.25. The highest BCUT2D eigenvalue weighted by Crippen LogP contribution is 1.97. The molecule has 0 aromatic carbocycles. The van der Waals surface area contributed by atoms with Gasteiger partial charge in [0.15, 0.2) is 0 Å². The molecule has 0 spiro atoms. The Morgan fingerprint density at radius 1 is 1.33 bits per heavy atom. The standard InChI is InChI=1S/C9H20N4O4S/c1-3-13(18(2,16)17)6-4-5-11-7-8(14)12-9(10)15/h11H,3-7H2,1-2H3,(H3,10,12,14,15). The second-order valence-corrected chi connectivity index (χ2v) is 5.68. The lowest BCUT2D eigenvalue weighted by Gasteiger charge is -2.17. The number of rotatable bonds is 8. The summed E-state index contributed by atoms with van der Waals surface area (Å²) in [6, 6.07) is -0.893. The molecular weight excluding hydrogens is 260 g/mol. The molecule has 0 saturated carbocycles. The first-order chi connectivity index (χ1) is 8.27. The van der Waals surface area contributed by atoms with Crippen LogP contribution in [0.15, 0.2) is 0 Å². The molecule has 0 aliphatic carbocycles. The summed E-state index contributed by atoms with van der Waals surface area (Å²) in [6.07, 6.45) is 1.73. The third-order valence-corrected chi connectivity index (χ3v) is 3.51. The predicted molar refractivity (Wildman–Crippen MR) is 67.3 cm³/mol.